The first-order chi connectivity index (χ1) is 13.9. The van der Waals surface area contributed by atoms with E-state index in [1.54, 1.807) is 35.9 Å². The minimum atomic E-state index is -4.49. The zero-order valence-electron chi connectivity index (χ0n) is 14.8. The van der Waals surface area contributed by atoms with E-state index in [0.29, 0.717) is 11.1 Å². The van der Waals surface area contributed by atoms with Crippen molar-refractivity contribution in [3.05, 3.63) is 76.6 Å². The molecule has 0 saturated heterocycles. The van der Waals surface area contributed by atoms with E-state index in [2.05, 4.69) is 20.3 Å². The molecule has 4 aromatic heterocycles. The summed E-state index contributed by atoms with van der Waals surface area (Å²) in [6.07, 6.45) is -0.0240. The molecule has 0 saturated carbocycles. The third kappa shape index (κ3) is 4.09. The first-order valence-electron chi connectivity index (χ1n) is 8.49. The Kier molecular flexibility index (Phi) is 4.98. The summed E-state index contributed by atoms with van der Waals surface area (Å²) in [7, 11) is 0. The van der Waals surface area contributed by atoms with Gasteiger partial charge in [-0.25, -0.2) is 4.98 Å². The molecule has 146 valence electrons. The van der Waals surface area contributed by atoms with Crippen LogP contribution >= 0.6 is 11.3 Å². The van der Waals surface area contributed by atoms with E-state index in [1.807, 2.05) is 16.8 Å². The lowest BCUT2D eigenvalue weighted by Crippen LogP contribution is -2.24. The predicted octanol–water partition coefficient (Wildman–Crippen LogP) is 4.70. The van der Waals surface area contributed by atoms with E-state index in [4.69, 9.17) is 0 Å². The van der Waals surface area contributed by atoms with Gasteiger partial charge in [-0.1, -0.05) is 6.07 Å². The van der Waals surface area contributed by atoms with Crippen LogP contribution in [0.15, 0.2) is 59.7 Å². The van der Waals surface area contributed by atoms with Gasteiger partial charge >= 0.3 is 6.18 Å². The third-order valence-electron chi connectivity index (χ3n) is 4.23. The maximum Gasteiger partial charge on any atom is 0.433 e. The van der Waals surface area contributed by atoms with Gasteiger partial charge in [-0.2, -0.15) is 24.5 Å². The van der Waals surface area contributed by atoms with Crippen LogP contribution in [-0.2, 0) is 12.7 Å². The topological polar surface area (TPSA) is 67.8 Å². The van der Waals surface area contributed by atoms with Crippen LogP contribution in [0.1, 0.15) is 21.7 Å². The number of alkyl halides is 3. The predicted molar refractivity (Wildman–Crippen MR) is 103 cm³/mol. The van der Waals surface area contributed by atoms with Gasteiger partial charge in [-0.15, -0.1) is 0 Å². The van der Waals surface area contributed by atoms with E-state index < -0.39 is 17.8 Å². The molecule has 9 heteroatoms. The molecule has 4 rings (SSSR count). The molecule has 0 aliphatic carbocycles. The third-order valence-corrected chi connectivity index (χ3v) is 4.92. The fraction of sp³-hybridized carbons (Fsp3) is 0.100. The number of hydrogen-bond acceptors (Lipinski definition) is 5. The molecule has 1 N–H and O–H groups in total. The van der Waals surface area contributed by atoms with Crippen LogP contribution in [0.2, 0.25) is 0 Å². The molecule has 0 spiro atoms. The fourth-order valence-electron chi connectivity index (χ4n) is 2.77. The standard InChI is InChI=1S/C20H13F3N4OS/c21-20(22,23)17-4-1-12(7-25-17)8-26-19(28)16-3-2-13-9-24-10-15(18(13)27-16)14-5-6-29-11-14/h1-7,9-11H,8H2,(H,26,28). The summed E-state index contributed by atoms with van der Waals surface area (Å²) in [4.78, 5) is 24.6. The van der Waals surface area contributed by atoms with Crippen molar-refractivity contribution >= 4 is 28.1 Å². The number of halogens is 3. The van der Waals surface area contributed by atoms with E-state index in [1.165, 1.54) is 6.07 Å². The zero-order chi connectivity index (χ0) is 20.4. The monoisotopic (exact) mass is 414 g/mol. The molecule has 0 aromatic carbocycles. The van der Waals surface area contributed by atoms with Crippen LogP contribution in [0.3, 0.4) is 0 Å². The molecule has 0 radical (unpaired) electrons. The van der Waals surface area contributed by atoms with Gasteiger partial charge in [0.15, 0.2) is 0 Å². The second kappa shape index (κ2) is 7.59. The summed E-state index contributed by atoms with van der Waals surface area (Å²) >= 11 is 1.55. The fourth-order valence-corrected chi connectivity index (χ4v) is 3.42. The van der Waals surface area contributed by atoms with Crippen LogP contribution in [0, 0.1) is 0 Å². The van der Waals surface area contributed by atoms with Crippen LogP contribution in [0.25, 0.3) is 22.0 Å². The minimum absolute atomic E-state index is 0.0391. The van der Waals surface area contributed by atoms with Crippen LogP contribution in [0.5, 0.6) is 0 Å². The maximum absolute atomic E-state index is 12.6. The highest BCUT2D eigenvalue weighted by molar-refractivity contribution is 7.08. The van der Waals surface area contributed by atoms with Crippen LogP contribution in [-0.4, -0.2) is 20.9 Å². The van der Waals surface area contributed by atoms with Gasteiger partial charge in [-0.05, 0) is 46.2 Å². The van der Waals surface area contributed by atoms with Gasteiger partial charge < -0.3 is 5.32 Å². The first kappa shape index (κ1) is 19.0. The van der Waals surface area contributed by atoms with E-state index in [9.17, 15) is 18.0 Å². The van der Waals surface area contributed by atoms with Gasteiger partial charge in [0.25, 0.3) is 5.91 Å². The Morgan fingerprint density at radius 2 is 1.93 bits per heavy atom. The minimum Gasteiger partial charge on any atom is -0.347 e. The summed E-state index contributed by atoms with van der Waals surface area (Å²) < 4.78 is 37.7. The van der Waals surface area contributed by atoms with Gasteiger partial charge in [0.05, 0.1) is 5.52 Å². The second-order valence-corrected chi connectivity index (χ2v) is 6.98. The number of thiophene rings is 1. The SMILES string of the molecule is O=C(NCc1ccc(C(F)(F)F)nc1)c1ccc2cncc(-c3ccsc3)c2n1. The summed E-state index contributed by atoms with van der Waals surface area (Å²) in [5.41, 5.74) is 2.13. The lowest BCUT2D eigenvalue weighted by Gasteiger charge is -2.09. The number of fused-ring (bicyclic) bond motifs is 1. The number of carbonyl (C=O) groups excluding carboxylic acids is 1. The van der Waals surface area contributed by atoms with Crippen molar-refractivity contribution in [2.75, 3.05) is 0 Å². The highest BCUT2D eigenvalue weighted by Crippen LogP contribution is 2.28. The maximum atomic E-state index is 12.6. The van der Waals surface area contributed by atoms with Crippen molar-refractivity contribution in [2.24, 2.45) is 0 Å². The Labute approximate surface area is 167 Å². The van der Waals surface area contributed by atoms with Crippen molar-refractivity contribution in [1.29, 1.82) is 0 Å². The van der Waals surface area contributed by atoms with Crippen molar-refractivity contribution in [1.82, 2.24) is 20.3 Å². The summed E-state index contributed by atoms with van der Waals surface area (Å²) in [6, 6.07) is 7.47. The van der Waals surface area contributed by atoms with E-state index in [-0.39, 0.29) is 12.2 Å². The Bertz CT molecular complexity index is 1160. The molecule has 0 atom stereocenters. The number of rotatable bonds is 4. The van der Waals surface area contributed by atoms with Crippen molar-refractivity contribution in [2.45, 2.75) is 12.7 Å². The molecule has 0 bridgehead atoms. The molecule has 29 heavy (non-hydrogen) atoms. The molecule has 5 nitrogen and oxygen atoms in total. The molecule has 0 aliphatic heterocycles. The summed E-state index contributed by atoms with van der Waals surface area (Å²) in [5, 5.41) is 7.38. The van der Waals surface area contributed by atoms with Crippen LogP contribution < -0.4 is 5.32 Å². The number of carbonyl (C=O) groups is 1. The Morgan fingerprint density at radius 1 is 1.07 bits per heavy atom. The molecule has 4 heterocycles. The smallest absolute Gasteiger partial charge is 0.347 e. The highest BCUT2D eigenvalue weighted by Gasteiger charge is 2.32. The molecular weight excluding hydrogens is 401 g/mol. The molecule has 0 aliphatic rings. The molecule has 1 amide bonds. The normalized spacial score (nSPS) is 11.6. The van der Waals surface area contributed by atoms with Crippen molar-refractivity contribution < 1.29 is 18.0 Å². The number of nitrogens with one attached hydrogen (secondary N) is 1. The average Bonchev–Trinajstić information content (AvgIpc) is 3.25. The molecular formula is C20H13F3N4OS. The number of nitrogens with zero attached hydrogens (tertiary/aromatic N) is 3. The lowest BCUT2D eigenvalue weighted by molar-refractivity contribution is -0.141. The van der Waals surface area contributed by atoms with Gasteiger partial charge in [0.2, 0.25) is 0 Å². The molecule has 4 aromatic rings. The van der Waals surface area contributed by atoms with Gasteiger partial charge in [0.1, 0.15) is 11.4 Å². The molecule has 0 fully saturated rings. The first-order valence-corrected chi connectivity index (χ1v) is 9.44. The van der Waals surface area contributed by atoms with Crippen LogP contribution in [0.4, 0.5) is 13.2 Å². The number of hydrogen-bond donors (Lipinski definition) is 1. The Balaban J connectivity index is 1.54. The highest BCUT2D eigenvalue weighted by atomic mass is 32.1. The van der Waals surface area contributed by atoms with Gasteiger partial charge in [0, 0.05) is 36.1 Å². The van der Waals surface area contributed by atoms with E-state index >= 15 is 0 Å². The number of pyridine rings is 3. The van der Waals surface area contributed by atoms with Gasteiger partial charge in [-0.3, -0.25) is 14.8 Å². The molecule has 0 unspecified atom stereocenters. The largest absolute Gasteiger partial charge is 0.433 e. The van der Waals surface area contributed by atoms with Crippen molar-refractivity contribution in [3.63, 3.8) is 0 Å². The Morgan fingerprint density at radius 3 is 2.62 bits per heavy atom. The number of amides is 1. The second-order valence-electron chi connectivity index (χ2n) is 6.20. The van der Waals surface area contributed by atoms with E-state index in [0.717, 1.165) is 28.8 Å². The van der Waals surface area contributed by atoms with Crippen molar-refractivity contribution in [3.8, 4) is 11.1 Å². The summed E-state index contributed by atoms with van der Waals surface area (Å²) in [5.74, 6) is -0.431. The Hall–Kier alpha value is -3.33. The zero-order valence-corrected chi connectivity index (χ0v) is 15.6. The summed E-state index contributed by atoms with van der Waals surface area (Å²) in [6.45, 7) is 0.0391. The average molecular weight is 414 g/mol. The number of aromatic nitrogens is 3. The quantitative estimate of drug-likeness (QED) is 0.526. The lowest BCUT2D eigenvalue weighted by atomic mass is 10.1.